The minimum absolute atomic E-state index is 0.583. The van der Waals surface area contributed by atoms with Gasteiger partial charge < -0.3 is 10.6 Å². The lowest BCUT2D eigenvalue weighted by Gasteiger charge is -2.16. The van der Waals surface area contributed by atoms with Gasteiger partial charge >= 0.3 is 0 Å². The smallest absolute Gasteiger partial charge is 0.191 e. The van der Waals surface area contributed by atoms with Crippen LogP contribution in [0.5, 0.6) is 0 Å². The quantitative estimate of drug-likeness (QED) is 0.837. The van der Waals surface area contributed by atoms with Gasteiger partial charge in [0.25, 0.3) is 0 Å². The third-order valence-electron chi connectivity index (χ3n) is 2.97. The van der Waals surface area contributed by atoms with E-state index in [-0.39, 0.29) is 0 Å². The van der Waals surface area contributed by atoms with Crippen molar-refractivity contribution in [3.8, 4) is 0 Å². The van der Waals surface area contributed by atoms with Crippen LogP contribution in [0.2, 0.25) is 0 Å². The van der Waals surface area contributed by atoms with Crippen molar-refractivity contribution in [1.82, 2.24) is 10.6 Å². The maximum atomic E-state index is 4.40. The van der Waals surface area contributed by atoms with E-state index in [1.807, 2.05) is 0 Å². The Hall–Kier alpha value is -1.51. The van der Waals surface area contributed by atoms with Crippen LogP contribution in [0.1, 0.15) is 37.3 Å². The Morgan fingerprint density at radius 3 is 3.00 bits per heavy atom. The number of nitrogens with one attached hydrogen (secondary N) is 2. The fourth-order valence-electron chi connectivity index (χ4n) is 1.90. The fraction of sp³-hybridized carbons (Fsp3) is 0.500. The van der Waals surface area contributed by atoms with E-state index in [9.17, 15) is 0 Å². The summed E-state index contributed by atoms with van der Waals surface area (Å²) >= 11 is 0. The molecule has 3 heteroatoms. The second-order valence-electron chi connectivity index (χ2n) is 4.76. The molecule has 0 saturated heterocycles. The Kier molecular flexibility index (Phi) is 4.02. The summed E-state index contributed by atoms with van der Waals surface area (Å²) in [5.41, 5.74) is 2.70. The standard InChI is InChI=1S/C14H21N3/c1-11(2)13-6-3-5-12(9-13)10-17-14-15-7-4-8-16-14/h3,5-6,9,11H,4,7-8,10H2,1-2H3,(H2,15,16,17). The van der Waals surface area contributed by atoms with E-state index >= 15 is 0 Å². The number of hydrogen-bond acceptors (Lipinski definition) is 3. The largest absolute Gasteiger partial charge is 0.356 e. The molecule has 1 aliphatic rings. The summed E-state index contributed by atoms with van der Waals surface area (Å²) in [7, 11) is 0. The van der Waals surface area contributed by atoms with E-state index in [2.05, 4.69) is 53.7 Å². The van der Waals surface area contributed by atoms with Crippen LogP contribution in [-0.2, 0) is 6.54 Å². The molecule has 1 heterocycles. The fourth-order valence-corrected chi connectivity index (χ4v) is 1.90. The van der Waals surface area contributed by atoms with Crippen molar-refractivity contribution in [2.75, 3.05) is 13.1 Å². The predicted molar refractivity (Wildman–Crippen MR) is 72.3 cm³/mol. The first kappa shape index (κ1) is 12.0. The number of guanidine groups is 1. The monoisotopic (exact) mass is 231 g/mol. The molecule has 0 atom stereocenters. The molecule has 2 N–H and O–H groups in total. The average Bonchev–Trinajstić information content (AvgIpc) is 2.38. The molecular formula is C14H21N3. The van der Waals surface area contributed by atoms with Gasteiger partial charge in [0, 0.05) is 19.6 Å². The first-order valence-electron chi connectivity index (χ1n) is 6.37. The second-order valence-corrected chi connectivity index (χ2v) is 4.76. The zero-order chi connectivity index (χ0) is 12.1. The lowest BCUT2D eigenvalue weighted by molar-refractivity contribution is 0.701. The Morgan fingerprint density at radius 2 is 2.29 bits per heavy atom. The van der Waals surface area contributed by atoms with Crippen LogP contribution in [-0.4, -0.2) is 19.0 Å². The van der Waals surface area contributed by atoms with Crippen molar-refractivity contribution in [2.45, 2.75) is 32.7 Å². The lowest BCUT2D eigenvalue weighted by atomic mass is 10.0. The minimum atomic E-state index is 0.583. The third-order valence-corrected chi connectivity index (χ3v) is 2.97. The minimum Gasteiger partial charge on any atom is -0.356 e. The zero-order valence-corrected chi connectivity index (χ0v) is 10.7. The molecule has 0 aromatic heterocycles. The molecular weight excluding hydrogens is 210 g/mol. The van der Waals surface area contributed by atoms with Crippen molar-refractivity contribution in [2.24, 2.45) is 4.99 Å². The molecule has 0 amide bonds. The predicted octanol–water partition coefficient (Wildman–Crippen LogP) is 2.25. The Bertz CT molecular complexity index is 396. The molecule has 1 aliphatic heterocycles. The van der Waals surface area contributed by atoms with E-state index < -0.39 is 0 Å². The van der Waals surface area contributed by atoms with E-state index in [0.717, 1.165) is 32.0 Å². The summed E-state index contributed by atoms with van der Waals surface area (Å²) < 4.78 is 0. The van der Waals surface area contributed by atoms with Gasteiger partial charge in [-0.25, -0.2) is 0 Å². The maximum Gasteiger partial charge on any atom is 0.191 e. The van der Waals surface area contributed by atoms with Crippen LogP contribution in [0, 0.1) is 0 Å². The molecule has 3 nitrogen and oxygen atoms in total. The van der Waals surface area contributed by atoms with Crippen molar-refractivity contribution < 1.29 is 0 Å². The van der Waals surface area contributed by atoms with Gasteiger partial charge in [-0.3, -0.25) is 4.99 Å². The molecule has 0 saturated carbocycles. The molecule has 1 aromatic carbocycles. The van der Waals surface area contributed by atoms with Crippen molar-refractivity contribution in [3.05, 3.63) is 35.4 Å². The average molecular weight is 231 g/mol. The van der Waals surface area contributed by atoms with Crippen LogP contribution >= 0.6 is 0 Å². The maximum absolute atomic E-state index is 4.40. The zero-order valence-electron chi connectivity index (χ0n) is 10.7. The highest BCUT2D eigenvalue weighted by atomic mass is 15.2. The number of rotatable bonds is 3. The van der Waals surface area contributed by atoms with Crippen LogP contribution in [0.4, 0.5) is 0 Å². The van der Waals surface area contributed by atoms with Crippen LogP contribution in [0.25, 0.3) is 0 Å². The van der Waals surface area contributed by atoms with Crippen LogP contribution in [0.3, 0.4) is 0 Å². The molecule has 0 unspecified atom stereocenters. The molecule has 17 heavy (non-hydrogen) atoms. The van der Waals surface area contributed by atoms with E-state index in [4.69, 9.17) is 0 Å². The Morgan fingerprint density at radius 1 is 1.41 bits per heavy atom. The van der Waals surface area contributed by atoms with Crippen molar-refractivity contribution in [3.63, 3.8) is 0 Å². The summed E-state index contributed by atoms with van der Waals surface area (Å²) in [5, 5.41) is 6.61. The molecule has 2 rings (SSSR count). The second kappa shape index (κ2) is 5.71. The number of benzene rings is 1. The van der Waals surface area contributed by atoms with Crippen molar-refractivity contribution >= 4 is 5.96 Å². The van der Waals surface area contributed by atoms with E-state index in [1.165, 1.54) is 11.1 Å². The summed E-state index contributed by atoms with van der Waals surface area (Å²) in [6, 6.07) is 8.73. The van der Waals surface area contributed by atoms with E-state index in [1.54, 1.807) is 0 Å². The first-order chi connectivity index (χ1) is 8.25. The van der Waals surface area contributed by atoms with Gasteiger partial charge in [-0.1, -0.05) is 38.1 Å². The summed E-state index contributed by atoms with van der Waals surface area (Å²) in [5.74, 6) is 1.52. The topological polar surface area (TPSA) is 36.4 Å². The highest BCUT2D eigenvalue weighted by Gasteiger charge is 2.04. The van der Waals surface area contributed by atoms with Gasteiger partial charge in [-0.2, -0.15) is 0 Å². The molecule has 0 bridgehead atoms. The SMILES string of the molecule is CC(C)c1cccc(CNC2=NCCCN2)c1. The molecule has 1 aromatic rings. The van der Waals surface area contributed by atoms with Gasteiger partial charge in [0.1, 0.15) is 0 Å². The third kappa shape index (κ3) is 3.48. The number of hydrogen-bond donors (Lipinski definition) is 2. The van der Waals surface area contributed by atoms with Gasteiger partial charge in [-0.05, 0) is 23.5 Å². The normalized spacial score (nSPS) is 15.4. The van der Waals surface area contributed by atoms with Gasteiger partial charge in [0.05, 0.1) is 0 Å². The molecule has 0 aliphatic carbocycles. The Balaban J connectivity index is 1.94. The summed E-state index contributed by atoms with van der Waals surface area (Å²) in [6.45, 7) is 7.24. The van der Waals surface area contributed by atoms with Gasteiger partial charge in [0.15, 0.2) is 5.96 Å². The van der Waals surface area contributed by atoms with Crippen LogP contribution < -0.4 is 10.6 Å². The highest BCUT2D eigenvalue weighted by molar-refractivity contribution is 5.80. The summed E-state index contributed by atoms with van der Waals surface area (Å²) in [6.07, 6.45) is 1.13. The lowest BCUT2D eigenvalue weighted by Crippen LogP contribution is -2.40. The van der Waals surface area contributed by atoms with E-state index in [0.29, 0.717) is 5.92 Å². The molecule has 92 valence electrons. The first-order valence-corrected chi connectivity index (χ1v) is 6.37. The van der Waals surface area contributed by atoms with Gasteiger partial charge in [0.2, 0.25) is 0 Å². The Labute approximate surface area is 103 Å². The number of aliphatic imine (C=N–C) groups is 1. The molecule has 0 radical (unpaired) electrons. The highest BCUT2D eigenvalue weighted by Crippen LogP contribution is 2.15. The van der Waals surface area contributed by atoms with Crippen LogP contribution in [0.15, 0.2) is 29.3 Å². The molecule has 0 spiro atoms. The number of nitrogens with zero attached hydrogens (tertiary/aromatic N) is 1. The summed E-state index contributed by atoms with van der Waals surface area (Å²) in [4.78, 5) is 4.40. The van der Waals surface area contributed by atoms with Crippen molar-refractivity contribution in [1.29, 1.82) is 0 Å². The van der Waals surface area contributed by atoms with Gasteiger partial charge in [-0.15, -0.1) is 0 Å². The molecule has 0 fully saturated rings.